The first kappa shape index (κ1) is 12.8. The zero-order valence-electron chi connectivity index (χ0n) is 9.30. The third-order valence-electron chi connectivity index (χ3n) is 2.43. The Kier molecular flexibility index (Phi) is 4.58. The van der Waals surface area contributed by atoms with E-state index in [0.29, 0.717) is 19.3 Å². The fourth-order valence-corrected chi connectivity index (χ4v) is 1.50. The predicted molar refractivity (Wildman–Crippen MR) is 60.4 cm³/mol. The molecule has 0 bridgehead atoms. The molecule has 4 nitrogen and oxygen atoms in total. The van der Waals surface area contributed by atoms with E-state index in [2.05, 4.69) is 0 Å². The Morgan fingerprint density at radius 1 is 1.06 bits per heavy atom. The van der Waals surface area contributed by atoms with Crippen LogP contribution in [0.1, 0.15) is 25.3 Å². The molecule has 0 unspecified atom stereocenters. The maximum absolute atomic E-state index is 9.66. The van der Waals surface area contributed by atoms with Crippen molar-refractivity contribution in [2.24, 2.45) is 0 Å². The van der Waals surface area contributed by atoms with E-state index in [4.69, 9.17) is 10.2 Å². The van der Waals surface area contributed by atoms with E-state index in [0.717, 1.165) is 5.56 Å². The molecule has 4 heteroatoms. The van der Waals surface area contributed by atoms with Crippen LogP contribution in [0.5, 0.6) is 11.5 Å². The van der Waals surface area contributed by atoms with E-state index in [-0.39, 0.29) is 11.5 Å². The van der Waals surface area contributed by atoms with Crippen molar-refractivity contribution in [1.82, 2.24) is 0 Å². The minimum Gasteiger partial charge on any atom is -0.504 e. The number of hydrogen-bond acceptors (Lipinski definition) is 4. The van der Waals surface area contributed by atoms with E-state index in [1.165, 1.54) is 12.1 Å². The van der Waals surface area contributed by atoms with Gasteiger partial charge in [0.1, 0.15) is 0 Å². The zero-order valence-corrected chi connectivity index (χ0v) is 9.30. The van der Waals surface area contributed by atoms with Crippen LogP contribution in [-0.4, -0.2) is 32.6 Å². The first-order chi connectivity index (χ1) is 7.49. The summed E-state index contributed by atoms with van der Waals surface area (Å²) >= 11 is 0. The van der Waals surface area contributed by atoms with Crippen LogP contribution in [0.2, 0.25) is 0 Å². The minimum atomic E-state index is -0.543. The van der Waals surface area contributed by atoms with Gasteiger partial charge in [-0.3, -0.25) is 0 Å². The summed E-state index contributed by atoms with van der Waals surface area (Å²) in [5.41, 5.74) is 0.758. The van der Waals surface area contributed by atoms with Crippen LogP contribution in [0, 0.1) is 0 Å². The Morgan fingerprint density at radius 2 is 1.75 bits per heavy atom. The van der Waals surface area contributed by atoms with Gasteiger partial charge in [-0.25, -0.2) is 0 Å². The third kappa shape index (κ3) is 4.08. The van der Waals surface area contributed by atoms with Gasteiger partial charge in [0.05, 0.1) is 12.2 Å². The van der Waals surface area contributed by atoms with Gasteiger partial charge < -0.3 is 20.4 Å². The van der Waals surface area contributed by atoms with Gasteiger partial charge in [0, 0.05) is 0 Å². The molecular weight excluding hydrogens is 208 g/mol. The van der Waals surface area contributed by atoms with E-state index in [9.17, 15) is 10.2 Å². The summed E-state index contributed by atoms with van der Waals surface area (Å²) in [7, 11) is 0. The molecule has 0 aromatic heterocycles. The van der Waals surface area contributed by atoms with Crippen molar-refractivity contribution in [3.05, 3.63) is 23.8 Å². The predicted octanol–water partition coefficient (Wildman–Crippen LogP) is 1.16. The van der Waals surface area contributed by atoms with Crippen molar-refractivity contribution in [1.29, 1.82) is 0 Å². The highest BCUT2D eigenvalue weighted by Crippen LogP contribution is 2.25. The lowest BCUT2D eigenvalue weighted by molar-refractivity contribution is 0.123. The van der Waals surface area contributed by atoms with Gasteiger partial charge in [-0.15, -0.1) is 0 Å². The molecule has 0 amide bonds. The Hall–Kier alpha value is -1.26. The Morgan fingerprint density at radius 3 is 2.31 bits per heavy atom. The van der Waals surface area contributed by atoms with Crippen LogP contribution in [0.3, 0.4) is 0 Å². The molecular formula is C12H18O4. The highest BCUT2D eigenvalue weighted by atomic mass is 16.3. The summed E-state index contributed by atoms with van der Waals surface area (Å²) in [6.45, 7) is 1.68. The van der Waals surface area contributed by atoms with Gasteiger partial charge in [-0.05, 0) is 43.9 Å². The topological polar surface area (TPSA) is 80.9 Å². The molecule has 0 aliphatic heterocycles. The lowest BCUT2D eigenvalue weighted by Gasteiger charge is -2.12. The molecule has 1 rings (SSSR count). The number of hydrogen-bond donors (Lipinski definition) is 4. The molecule has 0 saturated carbocycles. The number of aliphatic hydroxyl groups is 2. The largest absolute Gasteiger partial charge is 0.504 e. The first-order valence-electron chi connectivity index (χ1n) is 5.36. The van der Waals surface area contributed by atoms with Crippen LogP contribution in [0.25, 0.3) is 0 Å². The van der Waals surface area contributed by atoms with Gasteiger partial charge in [0.25, 0.3) is 0 Å². The van der Waals surface area contributed by atoms with Gasteiger partial charge in [-0.2, -0.15) is 0 Å². The van der Waals surface area contributed by atoms with Gasteiger partial charge in [0.2, 0.25) is 0 Å². The molecule has 0 aliphatic carbocycles. The number of phenols is 2. The quantitative estimate of drug-likeness (QED) is 0.568. The summed E-state index contributed by atoms with van der Waals surface area (Å²) in [6.07, 6.45) is 0.506. The Balaban J connectivity index is 2.49. The molecule has 1 aromatic rings. The molecule has 0 saturated heterocycles. The van der Waals surface area contributed by atoms with Crippen molar-refractivity contribution in [2.45, 2.75) is 38.4 Å². The van der Waals surface area contributed by atoms with Crippen LogP contribution in [0.4, 0.5) is 0 Å². The molecule has 4 N–H and O–H groups in total. The average molecular weight is 226 g/mol. The smallest absolute Gasteiger partial charge is 0.157 e. The lowest BCUT2D eigenvalue weighted by Crippen LogP contribution is -2.13. The van der Waals surface area contributed by atoms with Crippen molar-refractivity contribution in [3.63, 3.8) is 0 Å². The van der Waals surface area contributed by atoms with Crippen LogP contribution >= 0.6 is 0 Å². The van der Waals surface area contributed by atoms with Crippen LogP contribution < -0.4 is 0 Å². The SMILES string of the molecule is C[C@H](O)CC[C@H](O)Cc1ccc(O)c(O)c1. The third-order valence-corrected chi connectivity index (χ3v) is 2.43. The van der Waals surface area contributed by atoms with Crippen LogP contribution in [-0.2, 0) is 6.42 Å². The number of rotatable bonds is 5. The maximum Gasteiger partial charge on any atom is 0.157 e. The second-order valence-electron chi connectivity index (χ2n) is 4.11. The second-order valence-corrected chi connectivity index (χ2v) is 4.11. The fraction of sp³-hybridized carbons (Fsp3) is 0.500. The van der Waals surface area contributed by atoms with Gasteiger partial charge in [-0.1, -0.05) is 6.07 Å². The monoisotopic (exact) mass is 226 g/mol. The molecule has 2 atom stereocenters. The molecule has 90 valence electrons. The van der Waals surface area contributed by atoms with E-state index in [1.54, 1.807) is 13.0 Å². The van der Waals surface area contributed by atoms with E-state index < -0.39 is 12.2 Å². The summed E-state index contributed by atoms with van der Waals surface area (Å²) in [5.74, 6) is -0.345. The normalized spacial score (nSPS) is 14.7. The number of aliphatic hydroxyl groups excluding tert-OH is 2. The van der Waals surface area contributed by atoms with E-state index >= 15 is 0 Å². The highest BCUT2D eigenvalue weighted by Gasteiger charge is 2.09. The van der Waals surface area contributed by atoms with Crippen molar-refractivity contribution >= 4 is 0 Å². The summed E-state index contributed by atoms with van der Waals surface area (Å²) in [6, 6.07) is 4.48. The van der Waals surface area contributed by atoms with Gasteiger partial charge in [0.15, 0.2) is 11.5 Å². The number of aromatic hydroxyl groups is 2. The number of phenolic OH excluding ortho intramolecular Hbond substituents is 2. The Labute approximate surface area is 94.8 Å². The Bertz CT molecular complexity index is 336. The first-order valence-corrected chi connectivity index (χ1v) is 5.36. The summed E-state index contributed by atoms with van der Waals surface area (Å²) in [5, 5.41) is 37.1. The minimum absolute atomic E-state index is 0.165. The molecule has 1 aromatic carbocycles. The second kappa shape index (κ2) is 5.72. The fourth-order valence-electron chi connectivity index (χ4n) is 1.50. The van der Waals surface area contributed by atoms with Crippen molar-refractivity contribution in [2.75, 3.05) is 0 Å². The summed E-state index contributed by atoms with van der Waals surface area (Å²) in [4.78, 5) is 0. The molecule has 16 heavy (non-hydrogen) atoms. The molecule has 0 aliphatic rings. The standard InChI is InChI=1S/C12H18O4/c1-8(13)2-4-10(14)6-9-3-5-11(15)12(16)7-9/h3,5,7-8,10,13-16H,2,4,6H2,1H3/t8-,10-/m0/s1. The highest BCUT2D eigenvalue weighted by molar-refractivity contribution is 5.40. The molecule has 0 spiro atoms. The van der Waals surface area contributed by atoms with Crippen molar-refractivity contribution < 1.29 is 20.4 Å². The van der Waals surface area contributed by atoms with E-state index in [1.807, 2.05) is 0 Å². The van der Waals surface area contributed by atoms with Crippen molar-refractivity contribution in [3.8, 4) is 11.5 Å². The lowest BCUT2D eigenvalue weighted by atomic mass is 10.0. The van der Waals surface area contributed by atoms with Gasteiger partial charge >= 0.3 is 0 Å². The maximum atomic E-state index is 9.66. The molecule has 0 heterocycles. The van der Waals surface area contributed by atoms with Crippen LogP contribution in [0.15, 0.2) is 18.2 Å². The molecule has 0 radical (unpaired) electrons. The average Bonchev–Trinajstić information content (AvgIpc) is 2.21. The molecule has 0 fully saturated rings. The zero-order chi connectivity index (χ0) is 12.1. The number of benzene rings is 1. The summed E-state index contributed by atoms with van der Waals surface area (Å²) < 4.78 is 0.